The first-order valence-electron chi connectivity index (χ1n) is 11.7. The zero-order valence-corrected chi connectivity index (χ0v) is 20.6. The van der Waals surface area contributed by atoms with Crippen LogP contribution in [0.5, 0.6) is 11.6 Å². The van der Waals surface area contributed by atoms with Gasteiger partial charge in [0.05, 0.1) is 19.3 Å². The smallest absolute Gasteiger partial charge is 0.271 e. The van der Waals surface area contributed by atoms with Gasteiger partial charge in [-0.1, -0.05) is 6.07 Å². The second-order valence-corrected chi connectivity index (χ2v) is 9.35. The molecule has 1 saturated carbocycles. The lowest BCUT2D eigenvalue weighted by atomic mass is 9.91. The fourth-order valence-electron chi connectivity index (χ4n) is 4.06. The molecule has 1 aliphatic carbocycles. The molecule has 2 heterocycles. The Kier molecular flexibility index (Phi) is 8.55. The van der Waals surface area contributed by atoms with Crippen LogP contribution in [-0.4, -0.2) is 56.6 Å². The number of carbonyl (C=O) groups is 2. The van der Waals surface area contributed by atoms with Gasteiger partial charge in [-0.3, -0.25) is 14.3 Å². The highest BCUT2D eigenvalue weighted by Crippen LogP contribution is 2.28. The number of aromatic nitrogens is 3. The maximum Gasteiger partial charge on any atom is 0.271 e. The first kappa shape index (κ1) is 25.6. The standard InChI is InChI=1S/C25H28FN5O4S/c1-36-20-4-2-3-19(14-20)35-25-21(13-16(26)15-27-25)23(33)28-17-5-7-18(8-6-17)29-24(34)22-9-10-31(30-22)11-12-32/h2-4,9-10,13-15,17-18,32H,5-8,11-12H2,1H3,(H,28,33)(H,29,34). The monoisotopic (exact) mass is 513 g/mol. The molecule has 4 rings (SSSR count). The molecule has 0 aliphatic heterocycles. The largest absolute Gasteiger partial charge is 0.438 e. The van der Waals surface area contributed by atoms with Crippen molar-refractivity contribution in [3.8, 4) is 11.6 Å². The van der Waals surface area contributed by atoms with Crippen molar-refractivity contribution in [2.24, 2.45) is 0 Å². The first-order chi connectivity index (χ1) is 17.4. The molecule has 0 atom stereocenters. The van der Waals surface area contributed by atoms with Crippen LogP contribution in [0.25, 0.3) is 0 Å². The van der Waals surface area contributed by atoms with E-state index in [1.165, 1.54) is 4.68 Å². The number of aliphatic hydroxyl groups is 1. The maximum atomic E-state index is 13.9. The highest BCUT2D eigenvalue weighted by molar-refractivity contribution is 7.98. The minimum absolute atomic E-state index is 0.0263. The summed E-state index contributed by atoms with van der Waals surface area (Å²) in [6.07, 6.45) is 7.29. The van der Waals surface area contributed by atoms with Crippen molar-refractivity contribution in [1.29, 1.82) is 0 Å². The number of benzene rings is 1. The van der Waals surface area contributed by atoms with Crippen molar-refractivity contribution in [3.63, 3.8) is 0 Å². The van der Waals surface area contributed by atoms with Gasteiger partial charge in [-0.25, -0.2) is 9.37 Å². The van der Waals surface area contributed by atoms with Crippen LogP contribution >= 0.6 is 11.8 Å². The third kappa shape index (κ3) is 6.61. The summed E-state index contributed by atoms with van der Waals surface area (Å²) < 4.78 is 21.3. The van der Waals surface area contributed by atoms with Gasteiger partial charge < -0.3 is 20.5 Å². The van der Waals surface area contributed by atoms with E-state index in [0.29, 0.717) is 43.7 Å². The Labute approximate surface area is 212 Å². The predicted molar refractivity (Wildman–Crippen MR) is 133 cm³/mol. The zero-order valence-electron chi connectivity index (χ0n) is 19.8. The molecule has 1 aliphatic rings. The highest BCUT2D eigenvalue weighted by Gasteiger charge is 2.26. The number of amides is 2. The summed E-state index contributed by atoms with van der Waals surface area (Å²) in [6, 6.07) is 9.92. The minimum Gasteiger partial charge on any atom is -0.438 e. The molecule has 1 fully saturated rings. The second-order valence-electron chi connectivity index (χ2n) is 8.47. The Hall–Kier alpha value is -3.44. The average Bonchev–Trinajstić information content (AvgIpc) is 3.35. The molecule has 11 heteroatoms. The fraction of sp³-hybridized carbons (Fsp3) is 0.360. The van der Waals surface area contributed by atoms with Gasteiger partial charge in [-0.15, -0.1) is 11.8 Å². The summed E-state index contributed by atoms with van der Waals surface area (Å²) in [5, 5.41) is 19.1. The van der Waals surface area contributed by atoms with Crippen molar-refractivity contribution in [2.75, 3.05) is 12.9 Å². The molecule has 3 N–H and O–H groups in total. The number of rotatable bonds is 9. The molecule has 0 bridgehead atoms. The number of carbonyl (C=O) groups excluding carboxylic acids is 2. The molecule has 0 radical (unpaired) electrons. The number of nitrogens with one attached hydrogen (secondary N) is 2. The van der Waals surface area contributed by atoms with E-state index in [1.807, 2.05) is 24.5 Å². The van der Waals surface area contributed by atoms with E-state index in [9.17, 15) is 14.0 Å². The normalized spacial score (nSPS) is 17.4. The van der Waals surface area contributed by atoms with Crippen molar-refractivity contribution < 1.29 is 23.8 Å². The number of hydrogen-bond donors (Lipinski definition) is 3. The highest BCUT2D eigenvalue weighted by atomic mass is 32.2. The van der Waals surface area contributed by atoms with Gasteiger partial charge >= 0.3 is 0 Å². The predicted octanol–water partition coefficient (Wildman–Crippen LogP) is 3.39. The number of thioether (sulfide) groups is 1. The molecular formula is C25H28FN5O4S. The Morgan fingerprint density at radius 3 is 2.56 bits per heavy atom. The van der Waals surface area contributed by atoms with Crippen LogP contribution in [0.3, 0.4) is 0 Å². The summed E-state index contributed by atoms with van der Waals surface area (Å²) >= 11 is 1.56. The van der Waals surface area contributed by atoms with Crippen molar-refractivity contribution in [2.45, 2.75) is 49.2 Å². The van der Waals surface area contributed by atoms with E-state index in [1.54, 1.807) is 30.1 Å². The number of aliphatic hydroxyl groups excluding tert-OH is 1. The summed E-state index contributed by atoms with van der Waals surface area (Å²) in [5.41, 5.74) is 0.325. The Morgan fingerprint density at radius 1 is 1.14 bits per heavy atom. The molecule has 190 valence electrons. The van der Waals surface area contributed by atoms with Crippen molar-refractivity contribution in [1.82, 2.24) is 25.4 Å². The molecule has 0 saturated heterocycles. The van der Waals surface area contributed by atoms with E-state index in [4.69, 9.17) is 9.84 Å². The van der Waals surface area contributed by atoms with Gasteiger partial charge in [0.25, 0.3) is 11.8 Å². The van der Waals surface area contributed by atoms with Gasteiger partial charge in [0, 0.05) is 23.2 Å². The molecule has 0 spiro atoms. The van der Waals surface area contributed by atoms with Crippen LogP contribution in [0.2, 0.25) is 0 Å². The second kappa shape index (κ2) is 12.0. The molecule has 0 unspecified atom stereocenters. The van der Waals surface area contributed by atoms with E-state index in [2.05, 4.69) is 20.7 Å². The van der Waals surface area contributed by atoms with Gasteiger partial charge in [0.2, 0.25) is 5.88 Å². The van der Waals surface area contributed by atoms with Crippen LogP contribution in [-0.2, 0) is 6.54 Å². The lowest BCUT2D eigenvalue weighted by Crippen LogP contribution is -2.44. The third-order valence-corrected chi connectivity index (χ3v) is 6.64. The fourth-order valence-corrected chi connectivity index (χ4v) is 4.51. The third-order valence-electron chi connectivity index (χ3n) is 5.92. The Bertz CT molecular complexity index is 1210. The van der Waals surface area contributed by atoms with E-state index >= 15 is 0 Å². The molecule has 3 aromatic rings. The topological polar surface area (TPSA) is 118 Å². The number of pyridine rings is 1. The first-order valence-corrected chi connectivity index (χ1v) is 12.9. The van der Waals surface area contributed by atoms with Crippen LogP contribution in [0.1, 0.15) is 46.5 Å². The number of ether oxygens (including phenoxy) is 1. The summed E-state index contributed by atoms with van der Waals surface area (Å²) in [6.45, 7) is 0.277. The van der Waals surface area contributed by atoms with E-state index in [-0.39, 0.29) is 36.0 Å². The molecule has 9 nitrogen and oxygen atoms in total. The average molecular weight is 514 g/mol. The summed E-state index contributed by atoms with van der Waals surface area (Å²) in [5.74, 6) is -0.809. The Morgan fingerprint density at radius 2 is 1.86 bits per heavy atom. The Balaban J connectivity index is 1.33. The number of nitrogens with zero attached hydrogens (tertiary/aromatic N) is 3. The zero-order chi connectivity index (χ0) is 25.5. The van der Waals surface area contributed by atoms with Gasteiger partial charge in [-0.2, -0.15) is 5.10 Å². The minimum atomic E-state index is -0.627. The molecule has 36 heavy (non-hydrogen) atoms. The molecular weight excluding hydrogens is 485 g/mol. The molecule has 2 aromatic heterocycles. The van der Waals surface area contributed by atoms with Crippen LogP contribution in [0, 0.1) is 5.82 Å². The van der Waals surface area contributed by atoms with Crippen molar-refractivity contribution >= 4 is 23.6 Å². The van der Waals surface area contributed by atoms with Gasteiger partial charge in [-0.05, 0) is 62.3 Å². The molecule has 2 amide bonds. The maximum absolute atomic E-state index is 13.9. The van der Waals surface area contributed by atoms with Crippen LogP contribution < -0.4 is 15.4 Å². The summed E-state index contributed by atoms with van der Waals surface area (Å²) in [4.78, 5) is 30.4. The van der Waals surface area contributed by atoms with Crippen LogP contribution in [0.15, 0.2) is 53.7 Å². The SMILES string of the molecule is CSc1cccc(Oc2ncc(F)cc2C(=O)NC2CCC(NC(=O)c3ccn(CCO)n3)CC2)c1. The van der Waals surface area contributed by atoms with E-state index in [0.717, 1.165) is 17.2 Å². The van der Waals surface area contributed by atoms with Crippen LogP contribution in [0.4, 0.5) is 4.39 Å². The lowest BCUT2D eigenvalue weighted by molar-refractivity contribution is 0.0887. The molecule has 1 aromatic carbocycles. The van der Waals surface area contributed by atoms with Crippen molar-refractivity contribution in [3.05, 3.63) is 65.9 Å². The quantitative estimate of drug-likeness (QED) is 0.375. The van der Waals surface area contributed by atoms with Gasteiger partial charge in [0.15, 0.2) is 0 Å². The summed E-state index contributed by atoms with van der Waals surface area (Å²) in [7, 11) is 0. The number of hydrogen-bond acceptors (Lipinski definition) is 7. The van der Waals surface area contributed by atoms with Gasteiger partial charge in [0.1, 0.15) is 22.8 Å². The van der Waals surface area contributed by atoms with E-state index < -0.39 is 11.7 Å². The number of halogens is 1. The lowest BCUT2D eigenvalue weighted by Gasteiger charge is -2.29.